The van der Waals surface area contributed by atoms with E-state index < -0.39 is 0 Å². The zero-order chi connectivity index (χ0) is 28.7. The molecule has 8 nitrogen and oxygen atoms in total. The van der Waals surface area contributed by atoms with E-state index in [0.29, 0.717) is 11.9 Å². The quantitative estimate of drug-likeness (QED) is 0.160. The standard InChI is InChI=1S/C17H18N6.C14H17ClN2/c1-11-7-3-5-9-13(11)19-16-21-15(18)22-17(23-16)20-14-10-6-4-8-12(14)2;1-4-14(2,3)17-12-7-8-16-13-9-10(15)5-6-11(12)13/h3-10H,1-2H3,(H4,18,19,20,21,22,23);5-9H,4H2,1-3H3,(H,16,17). The van der Waals surface area contributed by atoms with E-state index in [9.17, 15) is 0 Å². The predicted octanol–water partition coefficient (Wildman–Crippen LogP) is 8.05. The maximum atomic E-state index is 5.97. The first-order chi connectivity index (χ1) is 19.1. The minimum atomic E-state index is 0.0773. The lowest BCUT2D eigenvalue weighted by Gasteiger charge is -2.26. The number of aromatic nitrogens is 4. The Kier molecular flexibility index (Phi) is 9.01. The van der Waals surface area contributed by atoms with Gasteiger partial charge in [-0.3, -0.25) is 4.98 Å². The summed E-state index contributed by atoms with van der Waals surface area (Å²) in [5.74, 6) is 0.970. The molecule has 5 aromatic rings. The molecule has 0 unspecified atom stereocenters. The molecule has 0 atom stereocenters. The van der Waals surface area contributed by atoms with E-state index in [2.05, 4.69) is 56.7 Å². The number of rotatable bonds is 7. The average molecular weight is 555 g/mol. The van der Waals surface area contributed by atoms with Crippen LogP contribution in [-0.4, -0.2) is 25.5 Å². The third-order valence-corrected chi connectivity index (χ3v) is 6.73. The van der Waals surface area contributed by atoms with Gasteiger partial charge < -0.3 is 21.7 Å². The van der Waals surface area contributed by atoms with E-state index in [1.165, 1.54) is 0 Å². The Morgan fingerprint density at radius 1 is 0.775 bits per heavy atom. The third-order valence-electron chi connectivity index (χ3n) is 6.50. The highest BCUT2D eigenvalue weighted by Gasteiger charge is 2.15. The van der Waals surface area contributed by atoms with Crippen LogP contribution < -0.4 is 21.7 Å². The van der Waals surface area contributed by atoms with Gasteiger partial charge in [0.05, 0.1) is 5.52 Å². The molecule has 0 aliphatic rings. The van der Waals surface area contributed by atoms with Gasteiger partial charge in [0.1, 0.15) is 0 Å². The highest BCUT2D eigenvalue weighted by atomic mass is 35.5. The molecule has 3 aromatic carbocycles. The van der Waals surface area contributed by atoms with E-state index in [-0.39, 0.29) is 11.5 Å². The second-order valence-corrected chi connectivity index (χ2v) is 10.5. The number of anilines is 6. The summed E-state index contributed by atoms with van der Waals surface area (Å²) < 4.78 is 0. The van der Waals surface area contributed by atoms with Gasteiger partial charge in [0, 0.05) is 39.2 Å². The molecule has 2 aromatic heterocycles. The molecule has 0 saturated carbocycles. The van der Waals surface area contributed by atoms with Gasteiger partial charge in [0.15, 0.2) is 0 Å². The third kappa shape index (κ3) is 7.57. The Balaban J connectivity index is 0.000000194. The summed E-state index contributed by atoms with van der Waals surface area (Å²) in [5.41, 5.74) is 12.0. The normalized spacial score (nSPS) is 10.9. The van der Waals surface area contributed by atoms with Gasteiger partial charge in [-0.15, -0.1) is 0 Å². The summed E-state index contributed by atoms with van der Waals surface area (Å²) in [6.07, 6.45) is 2.87. The summed E-state index contributed by atoms with van der Waals surface area (Å²) >= 11 is 5.97. The molecule has 5 N–H and O–H groups in total. The first kappa shape index (κ1) is 28.6. The summed E-state index contributed by atoms with van der Waals surface area (Å²) in [4.78, 5) is 17.0. The van der Waals surface area contributed by atoms with E-state index in [1.807, 2.05) is 92.8 Å². The molecule has 0 bridgehead atoms. The Morgan fingerprint density at radius 2 is 1.35 bits per heavy atom. The van der Waals surface area contributed by atoms with Gasteiger partial charge in [0.2, 0.25) is 17.8 Å². The fourth-order valence-corrected chi connectivity index (χ4v) is 4.02. The number of nitrogens with one attached hydrogen (secondary N) is 3. The molecule has 9 heteroatoms. The van der Waals surface area contributed by atoms with Crippen LogP contribution in [0.2, 0.25) is 5.02 Å². The fraction of sp³-hybridized carbons (Fsp3) is 0.226. The van der Waals surface area contributed by atoms with Crippen molar-refractivity contribution in [3.63, 3.8) is 0 Å². The number of halogens is 1. The Hall–Kier alpha value is -4.43. The molecule has 40 heavy (non-hydrogen) atoms. The molecule has 0 amide bonds. The van der Waals surface area contributed by atoms with Crippen LogP contribution >= 0.6 is 11.6 Å². The number of fused-ring (bicyclic) bond motifs is 1. The van der Waals surface area contributed by atoms with Gasteiger partial charge >= 0.3 is 0 Å². The molecule has 206 valence electrons. The van der Waals surface area contributed by atoms with Gasteiger partial charge in [-0.2, -0.15) is 15.0 Å². The van der Waals surface area contributed by atoms with E-state index >= 15 is 0 Å². The number of aryl methyl sites for hydroxylation is 2. The zero-order valence-electron chi connectivity index (χ0n) is 23.5. The maximum absolute atomic E-state index is 5.97. The SMILES string of the molecule is CCC(C)(C)Nc1ccnc2cc(Cl)ccc12.Cc1ccccc1Nc1nc(N)nc(Nc2ccccc2C)n1. The van der Waals surface area contributed by atoms with Crippen molar-refractivity contribution in [1.29, 1.82) is 0 Å². The number of para-hydroxylation sites is 2. The first-order valence-electron chi connectivity index (χ1n) is 13.1. The van der Waals surface area contributed by atoms with Crippen molar-refractivity contribution in [2.75, 3.05) is 21.7 Å². The lowest BCUT2D eigenvalue weighted by molar-refractivity contribution is 0.548. The number of pyridine rings is 1. The number of hydrogen-bond acceptors (Lipinski definition) is 8. The first-order valence-corrected chi connectivity index (χ1v) is 13.5. The van der Waals surface area contributed by atoms with E-state index in [4.69, 9.17) is 17.3 Å². The Labute approximate surface area is 240 Å². The van der Waals surface area contributed by atoms with Crippen LogP contribution in [0, 0.1) is 13.8 Å². The van der Waals surface area contributed by atoms with Crippen LogP contribution in [0.25, 0.3) is 10.9 Å². The summed E-state index contributed by atoms with van der Waals surface area (Å²) in [6.45, 7) is 10.6. The van der Waals surface area contributed by atoms with E-state index in [0.717, 1.165) is 50.5 Å². The van der Waals surface area contributed by atoms with E-state index in [1.54, 1.807) is 0 Å². The molecule has 0 fully saturated rings. The zero-order valence-corrected chi connectivity index (χ0v) is 24.2. The summed E-state index contributed by atoms with van der Waals surface area (Å²) in [5, 5.41) is 11.7. The van der Waals surface area contributed by atoms with Gasteiger partial charge in [-0.1, -0.05) is 54.9 Å². The monoisotopic (exact) mass is 554 g/mol. The highest BCUT2D eigenvalue weighted by Crippen LogP contribution is 2.27. The number of nitrogens with zero attached hydrogens (tertiary/aromatic N) is 4. The number of benzene rings is 3. The Morgan fingerprint density at radius 3 is 1.90 bits per heavy atom. The van der Waals surface area contributed by atoms with Crippen LogP contribution in [0.3, 0.4) is 0 Å². The predicted molar refractivity (Wildman–Crippen MR) is 168 cm³/mol. The van der Waals surface area contributed by atoms with Crippen molar-refractivity contribution in [2.24, 2.45) is 0 Å². The minimum absolute atomic E-state index is 0.0773. The van der Waals surface area contributed by atoms with Crippen LogP contribution in [-0.2, 0) is 0 Å². The smallest absolute Gasteiger partial charge is 0.233 e. The average Bonchev–Trinajstić information content (AvgIpc) is 2.91. The van der Waals surface area contributed by atoms with Crippen molar-refractivity contribution >= 4 is 57.4 Å². The molecule has 5 rings (SSSR count). The molecule has 0 saturated heterocycles. The second-order valence-electron chi connectivity index (χ2n) is 10.1. The molecule has 0 aliphatic heterocycles. The van der Waals surface area contributed by atoms with Crippen molar-refractivity contribution in [3.05, 3.63) is 95.1 Å². The van der Waals surface area contributed by atoms with Crippen LogP contribution in [0.1, 0.15) is 38.3 Å². The largest absolute Gasteiger partial charge is 0.380 e. The lowest BCUT2D eigenvalue weighted by atomic mass is 10.0. The van der Waals surface area contributed by atoms with Crippen molar-refractivity contribution in [1.82, 2.24) is 19.9 Å². The van der Waals surface area contributed by atoms with Gasteiger partial charge in [-0.05, 0) is 81.6 Å². The topological polar surface area (TPSA) is 114 Å². The van der Waals surface area contributed by atoms with Gasteiger partial charge in [0.25, 0.3) is 0 Å². The highest BCUT2D eigenvalue weighted by molar-refractivity contribution is 6.31. The Bertz CT molecular complexity index is 1540. The van der Waals surface area contributed by atoms with Crippen LogP contribution in [0.4, 0.5) is 34.9 Å². The maximum Gasteiger partial charge on any atom is 0.233 e. The molecular weight excluding hydrogens is 520 g/mol. The van der Waals surface area contributed by atoms with Gasteiger partial charge in [-0.25, -0.2) is 0 Å². The second kappa shape index (κ2) is 12.6. The molecule has 2 heterocycles. The molecule has 0 spiro atoms. The molecule has 0 radical (unpaired) electrons. The molecule has 0 aliphatic carbocycles. The minimum Gasteiger partial charge on any atom is -0.380 e. The summed E-state index contributed by atoms with van der Waals surface area (Å²) in [7, 11) is 0. The van der Waals surface area contributed by atoms with Crippen LogP contribution in [0.15, 0.2) is 79.0 Å². The lowest BCUT2D eigenvalue weighted by Crippen LogP contribution is -2.29. The summed E-state index contributed by atoms with van der Waals surface area (Å²) in [6, 6.07) is 23.6. The number of hydrogen-bond donors (Lipinski definition) is 4. The van der Waals surface area contributed by atoms with Crippen molar-refractivity contribution in [2.45, 2.75) is 46.6 Å². The number of nitrogen functional groups attached to an aromatic ring is 1. The molecular formula is C31H35ClN8. The van der Waals surface area contributed by atoms with Crippen molar-refractivity contribution in [3.8, 4) is 0 Å². The fourth-order valence-electron chi connectivity index (χ4n) is 3.85. The number of nitrogens with two attached hydrogens (primary N) is 1. The van der Waals surface area contributed by atoms with Crippen molar-refractivity contribution < 1.29 is 0 Å². The van der Waals surface area contributed by atoms with Crippen LogP contribution in [0.5, 0.6) is 0 Å².